The lowest BCUT2D eigenvalue weighted by Crippen LogP contribution is -1.93. The van der Waals surface area contributed by atoms with Gasteiger partial charge < -0.3 is 4.74 Å². The Morgan fingerprint density at radius 1 is 0.909 bits per heavy atom. The van der Waals surface area contributed by atoms with Gasteiger partial charge in [0.1, 0.15) is 11.5 Å². The molecule has 112 valence electrons. The van der Waals surface area contributed by atoms with Crippen LogP contribution >= 0.6 is 11.6 Å². The zero-order valence-electron chi connectivity index (χ0n) is 13.2. The van der Waals surface area contributed by atoms with Gasteiger partial charge in [-0.05, 0) is 68.7 Å². The van der Waals surface area contributed by atoms with Crippen LogP contribution < -0.4 is 4.74 Å². The molecule has 0 saturated heterocycles. The van der Waals surface area contributed by atoms with Crippen LogP contribution in [0.3, 0.4) is 0 Å². The van der Waals surface area contributed by atoms with Crippen molar-refractivity contribution < 1.29 is 4.74 Å². The SMILES string of the molecule is Cc1cc(C)c2nc(C)cc(Oc3ccc(Cl)c(C)c3)c2c1. The van der Waals surface area contributed by atoms with Gasteiger partial charge in [0.25, 0.3) is 0 Å². The fourth-order valence-corrected chi connectivity index (χ4v) is 2.78. The number of pyridine rings is 1. The summed E-state index contributed by atoms with van der Waals surface area (Å²) in [5, 5.41) is 1.78. The van der Waals surface area contributed by atoms with Crippen LogP contribution in [0.5, 0.6) is 11.5 Å². The summed E-state index contributed by atoms with van der Waals surface area (Å²) in [5.41, 5.74) is 5.30. The lowest BCUT2D eigenvalue weighted by Gasteiger charge is -2.13. The number of fused-ring (bicyclic) bond motifs is 1. The van der Waals surface area contributed by atoms with Crippen LogP contribution in [-0.2, 0) is 0 Å². The van der Waals surface area contributed by atoms with E-state index < -0.39 is 0 Å². The van der Waals surface area contributed by atoms with E-state index in [0.717, 1.165) is 44.2 Å². The highest BCUT2D eigenvalue weighted by Gasteiger charge is 2.10. The summed E-state index contributed by atoms with van der Waals surface area (Å²) in [4.78, 5) is 4.65. The number of benzene rings is 2. The molecule has 0 aliphatic carbocycles. The number of hydrogen-bond donors (Lipinski definition) is 0. The topological polar surface area (TPSA) is 22.1 Å². The molecular formula is C19H18ClNO. The average Bonchev–Trinajstić information content (AvgIpc) is 2.44. The highest BCUT2D eigenvalue weighted by molar-refractivity contribution is 6.31. The second kappa shape index (κ2) is 5.62. The molecule has 2 aromatic carbocycles. The minimum atomic E-state index is 0.745. The number of rotatable bonds is 2. The molecule has 0 fully saturated rings. The summed E-state index contributed by atoms with van der Waals surface area (Å²) in [6.07, 6.45) is 0. The molecule has 0 aliphatic rings. The second-order valence-corrected chi connectivity index (χ2v) is 6.16. The van der Waals surface area contributed by atoms with Crippen LogP contribution in [0.2, 0.25) is 5.02 Å². The van der Waals surface area contributed by atoms with Gasteiger partial charge in [-0.15, -0.1) is 0 Å². The first-order valence-corrected chi connectivity index (χ1v) is 7.64. The zero-order valence-corrected chi connectivity index (χ0v) is 14.0. The summed E-state index contributed by atoms with van der Waals surface area (Å²) in [6.45, 7) is 8.12. The molecular weight excluding hydrogens is 294 g/mol. The molecule has 3 rings (SSSR count). The molecule has 0 bridgehead atoms. The maximum atomic E-state index is 6.12. The monoisotopic (exact) mass is 311 g/mol. The molecule has 0 radical (unpaired) electrons. The van der Waals surface area contributed by atoms with Crippen molar-refractivity contribution in [2.45, 2.75) is 27.7 Å². The predicted octanol–water partition coefficient (Wildman–Crippen LogP) is 5.91. The van der Waals surface area contributed by atoms with Crippen molar-refractivity contribution in [3.05, 3.63) is 63.8 Å². The third-order valence-corrected chi connectivity index (χ3v) is 4.12. The van der Waals surface area contributed by atoms with Crippen molar-refractivity contribution in [1.29, 1.82) is 0 Å². The third-order valence-electron chi connectivity index (χ3n) is 3.70. The molecule has 0 saturated carbocycles. The first-order chi connectivity index (χ1) is 10.4. The zero-order chi connectivity index (χ0) is 15.9. The van der Waals surface area contributed by atoms with Crippen LogP contribution in [0.1, 0.15) is 22.4 Å². The van der Waals surface area contributed by atoms with Crippen molar-refractivity contribution in [2.24, 2.45) is 0 Å². The molecule has 0 atom stereocenters. The average molecular weight is 312 g/mol. The number of aromatic nitrogens is 1. The molecule has 22 heavy (non-hydrogen) atoms. The number of ether oxygens (including phenoxy) is 1. The highest BCUT2D eigenvalue weighted by Crippen LogP contribution is 2.33. The largest absolute Gasteiger partial charge is 0.457 e. The lowest BCUT2D eigenvalue weighted by molar-refractivity contribution is 0.487. The van der Waals surface area contributed by atoms with Crippen LogP contribution in [0.25, 0.3) is 10.9 Å². The van der Waals surface area contributed by atoms with Gasteiger partial charge in [0, 0.05) is 22.2 Å². The molecule has 1 heterocycles. The number of nitrogens with zero attached hydrogens (tertiary/aromatic N) is 1. The van der Waals surface area contributed by atoms with Crippen LogP contribution in [0, 0.1) is 27.7 Å². The summed E-state index contributed by atoms with van der Waals surface area (Å²) in [7, 11) is 0. The van der Waals surface area contributed by atoms with Gasteiger partial charge in [-0.25, -0.2) is 0 Å². The Hall–Kier alpha value is -2.06. The highest BCUT2D eigenvalue weighted by atomic mass is 35.5. The summed E-state index contributed by atoms with van der Waals surface area (Å²) in [6, 6.07) is 11.9. The first-order valence-electron chi connectivity index (χ1n) is 7.26. The smallest absolute Gasteiger partial charge is 0.138 e. The second-order valence-electron chi connectivity index (χ2n) is 5.75. The van der Waals surface area contributed by atoms with E-state index in [1.807, 2.05) is 38.1 Å². The third kappa shape index (κ3) is 2.79. The Labute approximate surface area is 135 Å². The normalized spacial score (nSPS) is 11.0. The van der Waals surface area contributed by atoms with E-state index in [0.29, 0.717) is 0 Å². The van der Waals surface area contributed by atoms with E-state index in [2.05, 4.69) is 31.0 Å². The molecule has 0 unspecified atom stereocenters. The Kier molecular flexibility index (Phi) is 3.79. The summed E-state index contributed by atoms with van der Waals surface area (Å²) >= 11 is 6.08. The van der Waals surface area contributed by atoms with Crippen molar-refractivity contribution >= 4 is 22.5 Å². The molecule has 3 aromatic rings. The maximum absolute atomic E-state index is 6.12. The minimum absolute atomic E-state index is 0.745. The summed E-state index contributed by atoms with van der Waals surface area (Å²) < 4.78 is 6.12. The molecule has 1 aromatic heterocycles. The van der Waals surface area contributed by atoms with E-state index in [1.54, 1.807) is 0 Å². The molecule has 2 nitrogen and oxygen atoms in total. The summed E-state index contributed by atoms with van der Waals surface area (Å²) in [5.74, 6) is 1.61. The van der Waals surface area contributed by atoms with Gasteiger partial charge in [-0.1, -0.05) is 17.7 Å². The van der Waals surface area contributed by atoms with E-state index in [4.69, 9.17) is 16.3 Å². The molecule has 0 aliphatic heterocycles. The van der Waals surface area contributed by atoms with Gasteiger partial charge in [-0.3, -0.25) is 4.98 Å². The van der Waals surface area contributed by atoms with E-state index in [-0.39, 0.29) is 0 Å². The molecule has 0 spiro atoms. The van der Waals surface area contributed by atoms with Crippen LogP contribution in [0.4, 0.5) is 0 Å². The van der Waals surface area contributed by atoms with Crippen LogP contribution in [-0.4, -0.2) is 4.98 Å². The maximum Gasteiger partial charge on any atom is 0.138 e. The van der Waals surface area contributed by atoms with Gasteiger partial charge in [0.2, 0.25) is 0 Å². The fourth-order valence-electron chi connectivity index (χ4n) is 2.66. The number of halogens is 1. The van der Waals surface area contributed by atoms with Gasteiger partial charge >= 0.3 is 0 Å². The number of aryl methyl sites for hydroxylation is 4. The fraction of sp³-hybridized carbons (Fsp3) is 0.211. The molecule has 0 N–H and O–H groups in total. The van der Waals surface area contributed by atoms with E-state index in [9.17, 15) is 0 Å². The molecule has 3 heteroatoms. The van der Waals surface area contributed by atoms with Gasteiger partial charge in [0.15, 0.2) is 0 Å². The van der Waals surface area contributed by atoms with Crippen molar-refractivity contribution in [1.82, 2.24) is 4.98 Å². The Bertz CT molecular complexity index is 871. The lowest BCUT2D eigenvalue weighted by atomic mass is 10.1. The van der Waals surface area contributed by atoms with E-state index >= 15 is 0 Å². The molecule has 0 amide bonds. The number of hydrogen-bond acceptors (Lipinski definition) is 2. The van der Waals surface area contributed by atoms with Crippen LogP contribution in [0.15, 0.2) is 36.4 Å². The Morgan fingerprint density at radius 2 is 1.68 bits per heavy atom. The Morgan fingerprint density at radius 3 is 2.41 bits per heavy atom. The van der Waals surface area contributed by atoms with Gasteiger partial charge in [0.05, 0.1) is 5.52 Å². The van der Waals surface area contributed by atoms with E-state index in [1.165, 1.54) is 5.56 Å². The van der Waals surface area contributed by atoms with Crippen molar-refractivity contribution in [3.63, 3.8) is 0 Å². The predicted molar refractivity (Wildman–Crippen MR) is 92.2 cm³/mol. The van der Waals surface area contributed by atoms with Crippen molar-refractivity contribution in [3.8, 4) is 11.5 Å². The Balaban J connectivity index is 2.15. The van der Waals surface area contributed by atoms with Crippen molar-refractivity contribution in [2.75, 3.05) is 0 Å². The first kappa shape index (κ1) is 14.9. The minimum Gasteiger partial charge on any atom is -0.457 e. The van der Waals surface area contributed by atoms with Gasteiger partial charge in [-0.2, -0.15) is 0 Å². The standard InChI is InChI=1S/C19H18ClNO/c1-11-7-13(3)19-16(8-11)18(10-14(4)21-19)22-15-5-6-17(20)12(2)9-15/h5-10H,1-4H3. The quantitative estimate of drug-likeness (QED) is 0.586.